The van der Waals surface area contributed by atoms with Crippen molar-refractivity contribution in [3.63, 3.8) is 0 Å². The minimum Gasteiger partial charge on any atom is -0.482 e. The molecule has 1 aromatic carbocycles. The molecule has 204 valence electrons. The maximum Gasteiger partial charge on any atom is 0.289 e. The van der Waals surface area contributed by atoms with E-state index >= 15 is 0 Å². The number of hydrogen-bond acceptors (Lipinski definition) is 6. The van der Waals surface area contributed by atoms with Gasteiger partial charge in [0.1, 0.15) is 11.8 Å². The average Bonchev–Trinajstić information content (AvgIpc) is 3.25. The standard InChI is InChI=1S/C26H30Cl2N4O6/c27-15-2-6-20(18(28)11-15)38-12-21(33)32-17-5-1-13(9-17)22(32)25(36)31-19(10-14-7-8-29-24(14)35)23(34)26(37)30-16-3-4-16/h2,6,11,13-14,16-17,19,22H,1,3-5,7-10,12H2,(H,29,35)(H,30,37)(H,31,36)/t13-,14-,17+,19-,22-/m0/s1. The van der Waals surface area contributed by atoms with E-state index in [9.17, 15) is 24.0 Å². The maximum atomic E-state index is 13.6. The van der Waals surface area contributed by atoms with E-state index < -0.39 is 35.6 Å². The van der Waals surface area contributed by atoms with Crippen molar-refractivity contribution in [3.05, 3.63) is 28.2 Å². The summed E-state index contributed by atoms with van der Waals surface area (Å²) in [5.41, 5.74) is 0. The van der Waals surface area contributed by atoms with E-state index in [1.165, 1.54) is 6.07 Å². The first kappa shape index (κ1) is 26.7. The molecule has 2 heterocycles. The number of fused-ring (bicyclic) bond motifs is 2. The number of benzene rings is 1. The Morgan fingerprint density at radius 3 is 2.58 bits per heavy atom. The fraction of sp³-hybridized carbons (Fsp3) is 0.577. The summed E-state index contributed by atoms with van der Waals surface area (Å²) in [6, 6.07) is 2.60. The zero-order chi connectivity index (χ0) is 27.0. The van der Waals surface area contributed by atoms with Gasteiger partial charge in [-0.15, -0.1) is 0 Å². The molecule has 4 fully saturated rings. The Morgan fingerprint density at radius 1 is 1.11 bits per heavy atom. The molecule has 0 unspecified atom stereocenters. The quantitative estimate of drug-likeness (QED) is 0.369. The lowest BCUT2D eigenvalue weighted by Crippen LogP contribution is -2.58. The highest BCUT2D eigenvalue weighted by molar-refractivity contribution is 6.38. The molecule has 10 nitrogen and oxygen atoms in total. The van der Waals surface area contributed by atoms with Crippen molar-refractivity contribution in [3.8, 4) is 5.75 Å². The fourth-order valence-corrected chi connectivity index (χ4v) is 6.24. The van der Waals surface area contributed by atoms with Gasteiger partial charge in [-0.05, 0) is 69.1 Å². The minimum atomic E-state index is -1.16. The topological polar surface area (TPSA) is 134 Å². The molecule has 1 aromatic rings. The van der Waals surface area contributed by atoms with E-state index in [0.29, 0.717) is 30.2 Å². The Hall–Kier alpha value is -2.85. The molecule has 3 N–H and O–H groups in total. The minimum absolute atomic E-state index is 0.0228. The van der Waals surface area contributed by atoms with E-state index in [1.54, 1.807) is 17.0 Å². The summed E-state index contributed by atoms with van der Waals surface area (Å²) in [5.74, 6) is -2.83. The first-order valence-electron chi connectivity index (χ1n) is 13.0. The SMILES string of the molecule is O=C(NC1CC1)C(=O)[C@H](C[C@@H]1CCNC1=O)NC(=O)[C@@H]1[C@H]2CC[C@H](C2)N1C(=O)COc1ccc(Cl)cc1Cl. The van der Waals surface area contributed by atoms with Gasteiger partial charge in [-0.3, -0.25) is 24.0 Å². The van der Waals surface area contributed by atoms with Crippen LogP contribution >= 0.6 is 23.2 Å². The number of amides is 4. The number of piperidine rings is 1. The van der Waals surface area contributed by atoms with Crippen molar-refractivity contribution in [2.45, 2.75) is 69.1 Å². The number of carbonyl (C=O) groups is 5. The second-order valence-electron chi connectivity index (χ2n) is 10.5. The van der Waals surface area contributed by atoms with E-state index in [0.717, 1.165) is 25.7 Å². The first-order valence-corrected chi connectivity index (χ1v) is 13.8. The zero-order valence-corrected chi connectivity index (χ0v) is 22.2. The van der Waals surface area contributed by atoms with Crippen LogP contribution < -0.4 is 20.7 Å². The second kappa shape index (κ2) is 11.1. The third-order valence-corrected chi connectivity index (χ3v) is 8.37. The van der Waals surface area contributed by atoms with Gasteiger partial charge in [0.2, 0.25) is 17.6 Å². The Balaban J connectivity index is 1.28. The molecule has 4 amide bonds. The molecule has 2 saturated heterocycles. The lowest BCUT2D eigenvalue weighted by Gasteiger charge is -2.35. The number of likely N-dealkylation sites (tertiary alicyclic amines) is 1. The van der Waals surface area contributed by atoms with Gasteiger partial charge in [-0.2, -0.15) is 0 Å². The zero-order valence-electron chi connectivity index (χ0n) is 20.7. The first-order chi connectivity index (χ1) is 18.2. The van der Waals surface area contributed by atoms with Crippen LogP contribution in [0, 0.1) is 11.8 Å². The number of Topliss-reactive ketones (excluding diaryl/α,β-unsaturated/α-hetero) is 1. The number of carbonyl (C=O) groups excluding carboxylic acids is 5. The highest BCUT2D eigenvalue weighted by Crippen LogP contribution is 2.43. The van der Waals surface area contributed by atoms with Crippen molar-refractivity contribution in [1.82, 2.24) is 20.9 Å². The Bertz CT molecular complexity index is 1160. The number of nitrogens with zero attached hydrogens (tertiary/aromatic N) is 1. The third kappa shape index (κ3) is 5.76. The van der Waals surface area contributed by atoms with Crippen LogP contribution in [-0.4, -0.2) is 71.6 Å². The van der Waals surface area contributed by atoms with E-state index in [2.05, 4.69) is 16.0 Å². The van der Waals surface area contributed by atoms with Gasteiger partial charge in [-0.1, -0.05) is 23.2 Å². The number of nitrogens with one attached hydrogen (secondary N) is 3. The van der Waals surface area contributed by atoms with E-state index in [4.69, 9.17) is 27.9 Å². The molecule has 2 aliphatic carbocycles. The normalized spacial score (nSPS) is 26.6. The molecule has 5 rings (SSSR count). The van der Waals surface area contributed by atoms with Gasteiger partial charge in [0, 0.05) is 29.6 Å². The summed E-state index contributed by atoms with van der Waals surface area (Å²) in [6.07, 6.45) is 4.41. The van der Waals surface area contributed by atoms with Crippen LogP contribution in [0.15, 0.2) is 18.2 Å². The second-order valence-corrected chi connectivity index (χ2v) is 11.4. The number of halogens is 2. The largest absolute Gasteiger partial charge is 0.482 e. The summed E-state index contributed by atoms with van der Waals surface area (Å²) >= 11 is 12.1. The molecule has 4 aliphatic rings. The van der Waals surface area contributed by atoms with Crippen LogP contribution in [0.3, 0.4) is 0 Å². The molecule has 5 atom stereocenters. The fourth-order valence-electron chi connectivity index (χ4n) is 5.78. The lowest BCUT2D eigenvalue weighted by molar-refractivity contribution is -0.146. The van der Waals surface area contributed by atoms with Crippen LogP contribution in [0.4, 0.5) is 0 Å². The Kier molecular flexibility index (Phi) is 7.81. The molecule has 2 bridgehead atoms. The summed E-state index contributed by atoms with van der Waals surface area (Å²) < 4.78 is 5.63. The highest BCUT2D eigenvalue weighted by Gasteiger charge is 2.52. The molecule has 12 heteroatoms. The molecule has 38 heavy (non-hydrogen) atoms. The highest BCUT2D eigenvalue weighted by atomic mass is 35.5. The van der Waals surface area contributed by atoms with Gasteiger partial charge in [0.25, 0.3) is 11.8 Å². The monoisotopic (exact) mass is 564 g/mol. The predicted octanol–water partition coefficient (Wildman–Crippen LogP) is 1.61. The van der Waals surface area contributed by atoms with E-state index in [-0.39, 0.29) is 47.9 Å². The van der Waals surface area contributed by atoms with Gasteiger partial charge in [-0.25, -0.2) is 0 Å². The molecular formula is C26H30Cl2N4O6. The molecule has 0 aromatic heterocycles. The van der Waals surface area contributed by atoms with Gasteiger partial charge >= 0.3 is 0 Å². The van der Waals surface area contributed by atoms with E-state index in [1.807, 2.05) is 0 Å². The summed E-state index contributed by atoms with van der Waals surface area (Å²) in [4.78, 5) is 66.2. The predicted molar refractivity (Wildman–Crippen MR) is 138 cm³/mol. The molecule has 2 aliphatic heterocycles. The Labute approximate surface area is 230 Å². The van der Waals surface area contributed by atoms with Gasteiger partial charge in [0.15, 0.2) is 6.61 Å². The smallest absolute Gasteiger partial charge is 0.289 e. The number of ketones is 1. The lowest BCUT2D eigenvalue weighted by atomic mass is 9.93. The summed E-state index contributed by atoms with van der Waals surface area (Å²) in [6.45, 7) is 0.168. The maximum absolute atomic E-state index is 13.6. The molecule has 0 spiro atoms. The summed E-state index contributed by atoms with van der Waals surface area (Å²) in [7, 11) is 0. The van der Waals surface area contributed by atoms with Gasteiger partial charge < -0.3 is 25.6 Å². The molecular weight excluding hydrogens is 535 g/mol. The number of hydrogen-bond donors (Lipinski definition) is 3. The van der Waals surface area contributed by atoms with Crippen molar-refractivity contribution >= 4 is 52.6 Å². The third-order valence-electron chi connectivity index (χ3n) is 7.84. The van der Waals surface area contributed by atoms with Crippen LogP contribution in [0.5, 0.6) is 5.75 Å². The van der Waals surface area contributed by atoms with Crippen LogP contribution in [-0.2, 0) is 24.0 Å². The van der Waals surface area contributed by atoms with Crippen molar-refractivity contribution < 1.29 is 28.7 Å². The Morgan fingerprint density at radius 2 is 1.89 bits per heavy atom. The summed E-state index contributed by atoms with van der Waals surface area (Å²) in [5, 5.41) is 8.84. The van der Waals surface area contributed by atoms with Crippen molar-refractivity contribution in [1.29, 1.82) is 0 Å². The van der Waals surface area contributed by atoms with Gasteiger partial charge in [0.05, 0.1) is 11.1 Å². The molecule has 2 saturated carbocycles. The van der Waals surface area contributed by atoms with Crippen LogP contribution in [0.25, 0.3) is 0 Å². The van der Waals surface area contributed by atoms with Crippen molar-refractivity contribution in [2.75, 3.05) is 13.2 Å². The molecule has 0 radical (unpaired) electrons. The van der Waals surface area contributed by atoms with Crippen molar-refractivity contribution in [2.24, 2.45) is 11.8 Å². The number of ether oxygens (including phenoxy) is 1. The average molecular weight is 565 g/mol. The van der Waals surface area contributed by atoms with Crippen LogP contribution in [0.2, 0.25) is 10.0 Å². The van der Waals surface area contributed by atoms with Crippen LogP contribution in [0.1, 0.15) is 44.9 Å². The number of rotatable bonds is 10.